The van der Waals surface area contributed by atoms with Gasteiger partial charge in [-0.25, -0.2) is 4.57 Å². The molecule has 8 heteroatoms. The monoisotopic (exact) mass is 219 g/mol. The summed E-state index contributed by atoms with van der Waals surface area (Å²) >= 11 is 0. The van der Waals surface area contributed by atoms with Crippen molar-refractivity contribution in [3.63, 3.8) is 0 Å². The van der Waals surface area contributed by atoms with Crippen LogP contribution in [0, 0.1) is 0 Å². The van der Waals surface area contributed by atoms with E-state index in [0.717, 1.165) is 11.0 Å². The maximum absolute atomic E-state index is 10.4. The number of rotatable bonds is 0. The van der Waals surface area contributed by atoms with Gasteiger partial charge in [-0.05, 0) is 12.1 Å². The van der Waals surface area contributed by atoms with Crippen LogP contribution >= 0.6 is 7.91 Å². The molecule has 1 aromatic heterocycles. The van der Waals surface area contributed by atoms with Crippen LogP contribution in [0.15, 0.2) is 24.3 Å². The Labute approximate surface area is 78.0 Å². The molecule has 2 rings (SSSR count). The van der Waals surface area contributed by atoms with Gasteiger partial charge in [0.15, 0.2) is 0 Å². The molecule has 0 saturated carbocycles. The smallest absolute Gasteiger partial charge is 0.299 e. The van der Waals surface area contributed by atoms with Crippen LogP contribution in [0.2, 0.25) is 0 Å². The van der Waals surface area contributed by atoms with E-state index in [2.05, 4.69) is 15.4 Å². The van der Waals surface area contributed by atoms with Gasteiger partial charge in [0.2, 0.25) is 0 Å². The molecule has 0 unspecified atom stereocenters. The highest BCUT2D eigenvalue weighted by Gasteiger charge is 2.04. The van der Waals surface area contributed by atoms with E-state index in [4.69, 9.17) is 14.4 Å². The lowest BCUT2D eigenvalue weighted by Crippen LogP contribution is -1.63. The fourth-order valence-electron chi connectivity index (χ4n) is 0.786. The molecule has 0 aliphatic rings. The van der Waals surface area contributed by atoms with E-state index in [9.17, 15) is 4.20 Å². The van der Waals surface area contributed by atoms with E-state index < -0.39 is 7.91 Å². The molecule has 0 bridgehead atoms. The zero-order valence-electron chi connectivity index (χ0n) is 6.83. The first-order chi connectivity index (χ1) is 6.47. The minimum atomic E-state index is -5.14. The van der Waals surface area contributed by atoms with Crippen molar-refractivity contribution in [2.45, 2.75) is 0 Å². The molecule has 3 N–H and O–H groups in total. The molecule has 6 nitrogen and oxygen atoms in total. The summed E-state index contributed by atoms with van der Waals surface area (Å²) in [4.78, 5) is 13.9. The molecule has 0 aliphatic carbocycles. The van der Waals surface area contributed by atoms with Crippen LogP contribution in [0.3, 0.4) is 0 Å². The molecule has 14 heavy (non-hydrogen) atoms. The van der Waals surface area contributed by atoms with Crippen molar-refractivity contribution in [2.24, 2.45) is 0 Å². The lowest BCUT2D eigenvalue weighted by Gasteiger charge is -1.78. The number of hydrogen-bond acceptors (Lipinski definition) is 3. The summed E-state index contributed by atoms with van der Waals surface area (Å²) in [6.07, 6.45) is 0. The van der Waals surface area contributed by atoms with Gasteiger partial charge in [0, 0.05) is 0 Å². The first-order valence-corrected chi connectivity index (χ1v) is 4.98. The van der Waals surface area contributed by atoms with Crippen LogP contribution in [-0.2, 0) is 4.57 Å². The topological polar surface area (TPSA) is 99.1 Å². The molecule has 2 aromatic rings. The molecule has 0 spiro atoms. The van der Waals surface area contributed by atoms with Crippen molar-refractivity contribution in [1.82, 2.24) is 15.4 Å². The second kappa shape index (κ2) is 4.28. The van der Waals surface area contributed by atoms with Gasteiger partial charge in [-0.3, -0.25) is 9.79 Å². The van der Waals surface area contributed by atoms with Gasteiger partial charge in [-0.1, -0.05) is 12.1 Å². The van der Waals surface area contributed by atoms with Crippen molar-refractivity contribution in [3.05, 3.63) is 24.3 Å². The number of para-hydroxylation sites is 2. The molecule has 0 fully saturated rings. The molecule has 0 atom stereocenters. The lowest BCUT2D eigenvalue weighted by atomic mass is 10.3. The minimum Gasteiger partial charge on any atom is -0.299 e. The summed E-state index contributed by atoms with van der Waals surface area (Å²) in [6.45, 7) is 0. The summed E-state index contributed by atoms with van der Waals surface area (Å²) < 4.78 is 19.0. The van der Waals surface area contributed by atoms with Crippen molar-refractivity contribution < 1.29 is 18.5 Å². The third kappa shape index (κ3) is 4.08. The number of nitrogens with one attached hydrogen (secondary N) is 1. The first kappa shape index (κ1) is 10.8. The predicted molar refractivity (Wildman–Crippen MR) is 47.0 cm³/mol. The number of fused-ring (bicyclic) bond motifs is 1. The van der Waals surface area contributed by atoms with E-state index in [1.165, 1.54) is 0 Å². The van der Waals surface area contributed by atoms with Crippen LogP contribution in [0.1, 0.15) is 0 Å². The summed E-state index contributed by atoms with van der Waals surface area (Å²) in [5.74, 6) is 0. The number of hydrogen-bond donors (Lipinski definition) is 3. The Morgan fingerprint density at radius 3 is 1.93 bits per heavy atom. The molecule has 0 saturated heterocycles. The molecule has 1 aromatic carbocycles. The summed E-state index contributed by atoms with van der Waals surface area (Å²) in [5.41, 5.74) is 1.83. The van der Waals surface area contributed by atoms with Gasteiger partial charge in [0.05, 0.1) is 0 Å². The van der Waals surface area contributed by atoms with Gasteiger partial charge >= 0.3 is 7.91 Å². The van der Waals surface area contributed by atoms with Crippen molar-refractivity contribution >= 4 is 18.9 Å². The van der Waals surface area contributed by atoms with E-state index in [1.54, 1.807) is 0 Å². The summed E-state index contributed by atoms with van der Waals surface area (Å²) in [7, 11) is -5.14. The third-order valence-electron chi connectivity index (χ3n) is 1.22. The predicted octanol–water partition coefficient (Wildman–Crippen LogP) is 1.01. The molecular formula is C6H7FN3O3P. The molecule has 76 valence electrons. The number of nitrogens with zero attached hydrogens (tertiary/aromatic N) is 2. The van der Waals surface area contributed by atoms with E-state index in [1.807, 2.05) is 24.3 Å². The van der Waals surface area contributed by atoms with Gasteiger partial charge in [0.25, 0.3) is 0 Å². The SMILES string of the molecule is O=P(O)(O)F.c1ccc2n[nH]nc2c1. The average Bonchev–Trinajstić information content (AvgIpc) is 2.47. The molecule has 1 heterocycles. The average molecular weight is 219 g/mol. The number of benzene rings is 1. The minimum absolute atomic E-state index is 0.914. The zero-order chi connectivity index (χ0) is 10.6. The Morgan fingerprint density at radius 1 is 1.21 bits per heavy atom. The van der Waals surface area contributed by atoms with E-state index >= 15 is 0 Å². The summed E-state index contributed by atoms with van der Waals surface area (Å²) in [6, 6.07) is 7.70. The molecule has 0 amide bonds. The first-order valence-electron chi connectivity index (χ1n) is 3.47. The van der Waals surface area contributed by atoms with Crippen LogP contribution in [-0.4, -0.2) is 25.2 Å². The summed E-state index contributed by atoms with van der Waals surface area (Å²) in [5, 5.41) is 10.3. The quantitative estimate of drug-likeness (QED) is 0.574. The normalized spacial score (nSPS) is 10.8. The Hall–Kier alpha value is -1.30. The van der Waals surface area contributed by atoms with Crippen LogP contribution in [0.5, 0.6) is 0 Å². The fourth-order valence-corrected chi connectivity index (χ4v) is 0.786. The second-order valence-electron chi connectivity index (χ2n) is 2.29. The maximum Gasteiger partial charge on any atom is 0.507 e. The lowest BCUT2D eigenvalue weighted by molar-refractivity contribution is 0.322. The Morgan fingerprint density at radius 2 is 1.57 bits per heavy atom. The number of aromatic amines is 1. The van der Waals surface area contributed by atoms with Crippen molar-refractivity contribution in [2.75, 3.05) is 0 Å². The van der Waals surface area contributed by atoms with Crippen LogP contribution in [0.25, 0.3) is 11.0 Å². The Bertz CT molecular complexity index is 416. The Balaban J connectivity index is 0.000000171. The van der Waals surface area contributed by atoms with Gasteiger partial charge in [-0.2, -0.15) is 15.4 Å². The fraction of sp³-hybridized carbons (Fsp3) is 0. The standard InChI is InChI=1S/C6H5N3.FH2O3P/c1-2-4-6-5(3-1)7-9-8-6;1-5(2,3)4/h1-4H,(H,7,8,9);(H2,2,3,4). The van der Waals surface area contributed by atoms with Gasteiger partial charge in [0.1, 0.15) is 11.0 Å². The van der Waals surface area contributed by atoms with Crippen LogP contribution < -0.4 is 0 Å². The van der Waals surface area contributed by atoms with Gasteiger partial charge in [-0.15, -0.1) is 4.20 Å². The molecule has 0 aliphatic heterocycles. The number of aromatic nitrogens is 3. The number of halogens is 1. The van der Waals surface area contributed by atoms with E-state index in [0.29, 0.717) is 0 Å². The third-order valence-corrected chi connectivity index (χ3v) is 1.22. The van der Waals surface area contributed by atoms with Crippen molar-refractivity contribution in [3.8, 4) is 0 Å². The highest BCUT2D eigenvalue weighted by molar-refractivity contribution is 7.45. The second-order valence-corrected chi connectivity index (χ2v) is 3.23. The van der Waals surface area contributed by atoms with Gasteiger partial charge < -0.3 is 0 Å². The highest BCUT2D eigenvalue weighted by atomic mass is 31.2. The maximum atomic E-state index is 10.4. The zero-order valence-corrected chi connectivity index (χ0v) is 7.73. The van der Waals surface area contributed by atoms with Crippen molar-refractivity contribution in [1.29, 1.82) is 0 Å². The molecular weight excluding hydrogens is 212 g/mol. The largest absolute Gasteiger partial charge is 0.507 e. The number of H-pyrrole nitrogens is 1. The van der Waals surface area contributed by atoms with E-state index in [-0.39, 0.29) is 0 Å². The van der Waals surface area contributed by atoms with Crippen LogP contribution in [0.4, 0.5) is 4.20 Å². The molecule has 0 radical (unpaired) electrons. The Kier molecular flexibility index (Phi) is 3.29. The highest BCUT2D eigenvalue weighted by Crippen LogP contribution is 2.34.